The molecule has 1 fully saturated rings. The van der Waals surface area contributed by atoms with E-state index in [0.29, 0.717) is 22.0 Å². The van der Waals surface area contributed by atoms with Gasteiger partial charge >= 0.3 is 5.97 Å². The highest BCUT2D eigenvalue weighted by atomic mass is 32.1. The maximum Gasteiger partial charge on any atom is 0.342 e. The van der Waals surface area contributed by atoms with E-state index in [1.165, 1.54) is 36.0 Å². The number of hydrogen-bond donors (Lipinski definition) is 2. The molecule has 28 heavy (non-hydrogen) atoms. The molecule has 0 unspecified atom stereocenters. The van der Waals surface area contributed by atoms with Crippen molar-refractivity contribution in [2.24, 2.45) is 5.92 Å². The molecular formula is C20H24N2O4S2. The topological polar surface area (TPSA) is 84.5 Å². The lowest BCUT2D eigenvalue weighted by atomic mass is 9.86. The van der Waals surface area contributed by atoms with Crippen molar-refractivity contribution in [3.05, 3.63) is 28.5 Å². The molecule has 1 aliphatic carbocycles. The van der Waals surface area contributed by atoms with Crippen molar-refractivity contribution in [3.8, 4) is 10.4 Å². The van der Waals surface area contributed by atoms with Gasteiger partial charge in [-0.25, -0.2) is 4.79 Å². The molecule has 0 bridgehead atoms. The predicted molar refractivity (Wildman–Crippen MR) is 112 cm³/mol. The van der Waals surface area contributed by atoms with Crippen molar-refractivity contribution < 1.29 is 19.1 Å². The summed E-state index contributed by atoms with van der Waals surface area (Å²) in [6.45, 7) is 3.19. The minimum absolute atomic E-state index is 0.137. The summed E-state index contributed by atoms with van der Waals surface area (Å²) in [6, 6.07) is 3.93. The molecular weight excluding hydrogens is 396 g/mol. The molecule has 2 heterocycles. The summed E-state index contributed by atoms with van der Waals surface area (Å²) >= 11 is 2.76. The van der Waals surface area contributed by atoms with Gasteiger partial charge in [-0.1, -0.05) is 25.8 Å². The Morgan fingerprint density at radius 1 is 1.21 bits per heavy atom. The molecule has 2 N–H and O–H groups in total. The molecule has 2 amide bonds. The van der Waals surface area contributed by atoms with Crippen LogP contribution in [0.2, 0.25) is 0 Å². The first-order valence-electron chi connectivity index (χ1n) is 9.35. The van der Waals surface area contributed by atoms with Gasteiger partial charge < -0.3 is 15.4 Å². The van der Waals surface area contributed by atoms with E-state index in [2.05, 4.69) is 17.6 Å². The van der Waals surface area contributed by atoms with Crippen molar-refractivity contribution in [1.82, 2.24) is 5.32 Å². The van der Waals surface area contributed by atoms with E-state index in [4.69, 9.17) is 4.74 Å². The Hall–Kier alpha value is -2.19. The maximum atomic E-state index is 12.7. The highest BCUT2D eigenvalue weighted by molar-refractivity contribution is 7.17. The lowest BCUT2D eigenvalue weighted by molar-refractivity contribution is -0.125. The molecule has 0 spiro atoms. The summed E-state index contributed by atoms with van der Waals surface area (Å²) in [6.07, 6.45) is 4.36. The number of nitrogens with one attached hydrogen (secondary N) is 2. The Morgan fingerprint density at radius 2 is 2.00 bits per heavy atom. The third-order valence-electron chi connectivity index (χ3n) is 4.86. The molecule has 0 aromatic carbocycles. The van der Waals surface area contributed by atoms with Gasteiger partial charge in [-0.3, -0.25) is 9.59 Å². The lowest BCUT2D eigenvalue weighted by Crippen LogP contribution is -2.42. The second kappa shape index (κ2) is 9.34. The quantitative estimate of drug-likeness (QED) is 0.683. The number of esters is 1. The summed E-state index contributed by atoms with van der Waals surface area (Å²) in [5.41, 5.74) is 0.997. The average Bonchev–Trinajstić information content (AvgIpc) is 3.31. The first kappa shape index (κ1) is 20.5. The van der Waals surface area contributed by atoms with E-state index >= 15 is 0 Å². The smallest absolute Gasteiger partial charge is 0.342 e. The first-order chi connectivity index (χ1) is 13.5. The Morgan fingerprint density at radius 3 is 2.68 bits per heavy atom. The van der Waals surface area contributed by atoms with Crippen LogP contribution in [0, 0.1) is 5.92 Å². The largest absolute Gasteiger partial charge is 0.452 e. The van der Waals surface area contributed by atoms with Gasteiger partial charge in [0.25, 0.3) is 5.91 Å². The molecule has 3 rings (SSSR count). The zero-order chi connectivity index (χ0) is 20.1. The van der Waals surface area contributed by atoms with Gasteiger partial charge in [0.15, 0.2) is 6.61 Å². The van der Waals surface area contributed by atoms with Crippen LogP contribution in [-0.2, 0) is 14.3 Å². The fourth-order valence-electron chi connectivity index (χ4n) is 3.41. The molecule has 2 atom stereocenters. The molecule has 0 saturated heterocycles. The highest BCUT2D eigenvalue weighted by Crippen LogP contribution is 2.38. The van der Waals surface area contributed by atoms with Crippen molar-refractivity contribution in [1.29, 1.82) is 0 Å². The Labute approximate surface area is 172 Å². The fourth-order valence-corrected chi connectivity index (χ4v) is 5.23. The van der Waals surface area contributed by atoms with Crippen molar-refractivity contribution >= 4 is 45.5 Å². The first-order valence-corrected chi connectivity index (χ1v) is 11.1. The van der Waals surface area contributed by atoms with Crippen LogP contribution in [0.3, 0.4) is 0 Å². The Balaban J connectivity index is 1.68. The number of carbonyl (C=O) groups excluding carboxylic acids is 3. The van der Waals surface area contributed by atoms with Crippen LogP contribution in [0.25, 0.3) is 10.4 Å². The number of thiophene rings is 2. The summed E-state index contributed by atoms with van der Waals surface area (Å²) in [5.74, 6) is -0.735. The predicted octanol–water partition coefficient (Wildman–Crippen LogP) is 4.29. The maximum absolute atomic E-state index is 12.7. The number of anilines is 1. The van der Waals surface area contributed by atoms with E-state index in [1.807, 2.05) is 22.9 Å². The zero-order valence-corrected chi connectivity index (χ0v) is 17.6. The second-order valence-electron chi connectivity index (χ2n) is 7.02. The lowest BCUT2D eigenvalue weighted by Gasteiger charge is -2.29. The van der Waals surface area contributed by atoms with E-state index in [9.17, 15) is 14.4 Å². The number of hydrogen-bond acceptors (Lipinski definition) is 6. The monoisotopic (exact) mass is 420 g/mol. The highest BCUT2D eigenvalue weighted by Gasteiger charge is 2.25. The fraction of sp³-hybridized carbons (Fsp3) is 0.450. The number of amides is 2. The minimum Gasteiger partial charge on any atom is -0.452 e. The number of carbonyl (C=O) groups is 3. The van der Waals surface area contributed by atoms with E-state index in [-0.39, 0.29) is 24.5 Å². The van der Waals surface area contributed by atoms with Crippen molar-refractivity contribution in [2.75, 3.05) is 11.9 Å². The summed E-state index contributed by atoms with van der Waals surface area (Å²) < 4.78 is 5.29. The third kappa shape index (κ3) is 4.99. The van der Waals surface area contributed by atoms with E-state index in [0.717, 1.165) is 24.1 Å². The normalized spacial score (nSPS) is 19.1. The molecule has 2 aromatic heterocycles. The zero-order valence-electron chi connectivity index (χ0n) is 15.9. The van der Waals surface area contributed by atoms with Crippen LogP contribution >= 0.6 is 22.7 Å². The summed E-state index contributed by atoms with van der Waals surface area (Å²) in [7, 11) is 0. The molecule has 1 aliphatic rings. The molecule has 1 saturated carbocycles. The Bertz CT molecular complexity index is 845. The van der Waals surface area contributed by atoms with Crippen molar-refractivity contribution in [3.63, 3.8) is 0 Å². The average molecular weight is 421 g/mol. The summed E-state index contributed by atoms with van der Waals surface area (Å²) in [5, 5.41) is 9.82. The Kier molecular flexibility index (Phi) is 6.85. The van der Waals surface area contributed by atoms with Gasteiger partial charge in [-0.05, 0) is 30.2 Å². The van der Waals surface area contributed by atoms with E-state index in [1.54, 1.807) is 0 Å². The molecule has 0 radical (unpaired) electrons. The van der Waals surface area contributed by atoms with Crippen LogP contribution in [0.1, 0.15) is 49.9 Å². The van der Waals surface area contributed by atoms with Crippen LogP contribution < -0.4 is 10.6 Å². The van der Waals surface area contributed by atoms with Gasteiger partial charge in [0.2, 0.25) is 5.91 Å². The minimum atomic E-state index is -0.611. The SMILES string of the molecule is CC(=O)Nc1scc(-c2cccs2)c1C(=O)OCC(=O)N[C@H]1CCCC[C@@H]1C. The van der Waals surface area contributed by atoms with Crippen LogP contribution in [-0.4, -0.2) is 30.4 Å². The van der Waals surface area contributed by atoms with Gasteiger partial charge in [0.05, 0.1) is 0 Å². The molecule has 0 aliphatic heterocycles. The van der Waals surface area contributed by atoms with Crippen LogP contribution in [0.4, 0.5) is 5.00 Å². The standard InChI is InChI=1S/C20H24N2O4S2/c1-12-6-3-4-7-15(12)22-17(24)10-26-20(25)18-14(16-8-5-9-27-16)11-28-19(18)21-13(2)23/h5,8-9,11-12,15H,3-4,6-7,10H2,1-2H3,(H,21,23)(H,22,24)/t12-,15-/m0/s1. The van der Waals surface area contributed by atoms with Crippen LogP contribution in [0.15, 0.2) is 22.9 Å². The van der Waals surface area contributed by atoms with Crippen LogP contribution in [0.5, 0.6) is 0 Å². The van der Waals surface area contributed by atoms with Gasteiger partial charge in [0.1, 0.15) is 10.6 Å². The number of rotatable bonds is 6. The van der Waals surface area contributed by atoms with Gasteiger partial charge in [-0.2, -0.15) is 0 Å². The molecule has 2 aromatic rings. The van der Waals surface area contributed by atoms with Crippen molar-refractivity contribution in [2.45, 2.75) is 45.6 Å². The summed E-state index contributed by atoms with van der Waals surface area (Å²) in [4.78, 5) is 37.4. The second-order valence-corrected chi connectivity index (χ2v) is 8.85. The number of ether oxygens (including phenoxy) is 1. The molecule has 6 nitrogen and oxygen atoms in total. The van der Waals surface area contributed by atoms with Gasteiger partial charge in [0, 0.05) is 28.8 Å². The molecule has 8 heteroatoms. The van der Waals surface area contributed by atoms with Gasteiger partial charge in [-0.15, -0.1) is 22.7 Å². The molecule has 150 valence electrons. The van der Waals surface area contributed by atoms with E-state index < -0.39 is 5.97 Å². The third-order valence-corrected chi connectivity index (χ3v) is 6.66.